The number of hydrogen-bond acceptors (Lipinski definition) is 1. The highest BCUT2D eigenvalue weighted by atomic mass is 35.5. The molecule has 1 fully saturated rings. The van der Waals surface area contributed by atoms with Gasteiger partial charge in [0.25, 0.3) is 0 Å². The van der Waals surface area contributed by atoms with Crippen LogP contribution in [0.4, 0.5) is 0 Å². The van der Waals surface area contributed by atoms with E-state index in [2.05, 4.69) is 19.2 Å². The molecule has 17 heavy (non-hydrogen) atoms. The van der Waals surface area contributed by atoms with Crippen LogP contribution in [0.25, 0.3) is 0 Å². The molecule has 1 unspecified atom stereocenters. The van der Waals surface area contributed by atoms with Gasteiger partial charge in [0.1, 0.15) is 0 Å². The first-order valence-electron chi connectivity index (χ1n) is 6.96. The van der Waals surface area contributed by atoms with Crippen molar-refractivity contribution in [1.29, 1.82) is 0 Å². The van der Waals surface area contributed by atoms with Gasteiger partial charge >= 0.3 is 0 Å². The van der Waals surface area contributed by atoms with Crippen molar-refractivity contribution in [2.75, 3.05) is 12.4 Å². The number of alkyl halides is 1. The summed E-state index contributed by atoms with van der Waals surface area (Å²) in [6.45, 7) is 5.09. The van der Waals surface area contributed by atoms with Crippen LogP contribution < -0.4 is 5.32 Å². The third-order valence-corrected chi connectivity index (χ3v) is 4.24. The first kappa shape index (κ1) is 14.8. The lowest BCUT2D eigenvalue weighted by atomic mass is 9.87. The topological polar surface area (TPSA) is 29.1 Å². The van der Waals surface area contributed by atoms with Gasteiger partial charge in [-0.05, 0) is 31.6 Å². The van der Waals surface area contributed by atoms with Crippen LogP contribution >= 0.6 is 11.6 Å². The number of amides is 1. The molecule has 1 atom stereocenters. The normalized spacial score (nSPS) is 20.2. The van der Waals surface area contributed by atoms with Crippen molar-refractivity contribution in [1.82, 2.24) is 5.32 Å². The van der Waals surface area contributed by atoms with Crippen LogP contribution in [0, 0.1) is 11.3 Å². The highest BCUT2D eigenvalue weighted by molar-refractivity contribution is 6.17. The molecule has 2 nitrogen and oxygen atoms in total. The predicted molar refractivity (Wildman–Crippen MR) is 73.3 cm³/mol. The maximum absolute atomic E-state index is 12.1. The summed E-state index contributed by atoms with van der Waals surface area (Å²) in [4.78, 5) is 12.1. The van der Waals surface area contributed by atoms with Crippen LogP contribution in [0.5, 0.6) is 0 Å². The van der Waals surface area contributed by atoms with Gasteiger partial charge in [0.2, 0.25) is 5.91 Å². The smallest absolute Gasteiger partial charge is 0.225 e. The molecule has 100 valence electrons. The summed E-state index contributed by atoms with van der Waals surface area (Å²) in [7, 11) is 0. The van der Waals surface area contributed by atoms with Gasteiger partial charge < -0.3 is 5.32 Å². The van der Waals surface area contributed by atoms with Crippen LogP contribution in [0.1, 0.15) is 58.8 Å². The zero-order valence-corrected chi connectivity index (χ0v) is 12.0. The number of nitrogens with one attached hydrogen (secondary N) is 1. The maximum Gasteiger partial charge on any atom is 0.225 e. The fraction of sp³-hybridized carbons (Fsp3) is 0.929. The zero-order valence-electron chi connectivity index (χ0n) is 11.2. The number of carbonyl (C=O) groups excluding carboxylic acids is 1. The van der Waals surface area contributed by atoms with Gasteiger partial charge in [-0.2, -0.15) is 0 Å². The van der Waals surface area contributed by atoms with Crippen LogP contribution in [-0.4, -0.2) is 18.3 Å². The summed E-state index contributed by atoms with van der Waals surface area (Å²) in [6.07, 6.45) is 7.82. The molecule has 1 rings (SSSR count). The third-order valence-electron chi connectivity index (χ3n) is 4.02. The molecule has 0 bridgehead atoms. The molecule has 0 aromatic heterocycles. The molecular weight excluding hydrogens is 234 g/mol. The number of hydrogen-bond donors (Lipinski definition) is 1. The van der Waals surface area contributed by atoms with Gasteiger partial charge in [0.05, 0.1) is 0 Å². The van der Waals surface area contributed by atoms with Gasteiger partial charge in [-0.15, -0.1) is 11.6 Å². The summed E-state index contributed by atoms with van der Waals surface area (Å²) >= 11 is 5.79. The van der Waals surface area contributed by atoms with Gasteiger partial charge in [-0.3, -0.25) is 4.79 Å². The monoisotopic (exact) mass is 259 g/mol. The van der Waals surface area contributed by atoms with E-state index in [1.54, 1.807) is 0 Å². The summed E-state index contributed by atoms with van der Waals surface area (Å²) in [5, 5.41) is 3.14. The largest absolute Gasteiger partial charge is 0.355 e. The van der Waals surface area contributed by atoms with Gasteiger partial charge in [-0.1, -0.05) is 33.1 Å². The minimum absolute atomic E-state index is 0.0995. The molecule has 0 aromatic rings. The van der Waals surface area contributed by atoms with Crippen molar-refractivity contribution in [3.8, 4) is 0 Å². The minimum atomic E-state index is -0.0995. The Morgan fingerprint density at radius 1 is 1.35 bits per heavy atom. The van der Waals surface area contributed by atoms with Gasteiger partial charge in [0.15, 0.2) is 0 Å². The van der Waals surface area contributed by atoms with Gasteiger partial charge in [-0.25, -0.2) is 0 Å². The quantitative estimate of drug-likeness (QED) is 0.694. The number of halogens is 1. The lowest BCUT2D eigenvalue weighted by Gasteiger charge is -2.24. The summed E-state index contributed by atoms with van der Waals surface area (Å²) in [6, 6.07) is 0. The van der Waals surface area contributed by atoms with E-state index in [9.17, 15) is 4.79 Å². The molecule has 0 radical (unpaired) electrons. The van der Waals surface area contributed by atoms with Crippen LogP contribution in [0.3, 0.4) is 0 Å². The maximum atomic E-state index is 12.1. The standard InChI is InChI=1S/C14H26ClNO/c1-3-6-12(7-10-15)11-16-13(17)14(2)8-4-5-9-14/h12H,3-11H2,1-2H3,(H,16,17). The van der Waals surface area contributed by atoms with E-state index in [0.717, 1.165) is 38.6 Å². The Morgan fingerprint density at radius 2 is 2.00 bits per heavy atom. The van der Waals surface area contributed by atoms with E-state index in [1.165, 1.54) is 12.8 Å². The molecule has 0 aromatic carbocycles. The van der Waals surface area contributed by atoms with Gasteiger partial charge in [0, 0.05) is 17.8 Å². The molecule has 1 saturated carbocycles. The fourth-order valence-electron chi connectivity index (χ4n) is 2.74. The second-order valence-electron chi connectivity index (χ2n) is 5.61. The van der Waals surface area contributed by atoms with Crippen molar-refractivity contribution >= 4 is 17.5 Å². The Hall–Kier alpha value is -0.240. The molecule has 0 aliphatic heterocycles. The summed E-state index contributed by atoms with van der Waals surface area (Å²) in [5.74, 6) is 1.50. The SMILES string of the molecule is CCCC(CCCl)CNC(=O)C1(C)CCCC1. The first-order valence-corrected chi connectivity index (χ1v) is 7.50. The predicted octanol–water partition coefficient (Wildman–Crippen LogP) is 3.73. The molecule has 3 heteroatoms. The van der Waals surface area contributed by atoms with E-state index in [0.29, 0.717) is 11.8 Å². The Morgan fingerprint density at radius 3 is 2.53 bits per heavy atom. The molecule has 1 aliphatic rings. The molecular formula is C14H26ClNO. The second-order valence-corrected chi connectivity index (χ2v) is 5.99. The Balaban J connectivity index is 2.34. The van der Waals surface area contributed by atoms with Crippen LogP contribution in [-0.2, 0) is 4.79 Å². The summed E-state index contributed by atoms with van der Waals surface area (Å²) in [5.41, 5.74) is -0.0995. The van der Waals surface area contributed by atoms with Crippen molar-refractivity contribution in [2.24, 2.45) is 11.3 Å². The highest BCUT2D eigenvalue weighted by Gasteiger charge is 2.36. The van der Waals surface area contributed by atoms with Crippen molar-refractivity contribution in [3.05, 3.63) is 0 Å². The minimum Gasteiger partial charge on any atom is -0.355 e. The lowest BCUT2D eigenvalue weighted by molar-refractivity contribution is -0.130. The van der Waals surface area contributed by atoms with E-state index in [1.807, 2.05) is 0 Å². The van der Waals surface area contributed by atoms with Crippen molar-refractivity contribution in [3.63, 3.8) is 0 Å². The third kappa shape index (κ3) is 4.50. The number of rotatable bonds is 7. The number of carbonyl (C=O) groups is 1. The lowest BCUT2D eigenvalue weighted by Crippen LogP contribution is -2.39. The summed E-state index contributed by atoms with van der Waals surface area (Å²) < 4.78 is 0. The molecule has 1 aliphatic carbocycles. The second kappa shape index (κ2) is 7.25. The average Bonchev–Trinajstić information content (AvgIpc) is 2.74. The Labute approximate surface area is 110 Å². The van der Waals surface area contributed by atoms with Crippen molar-refractivity contribution < 1.29 is 4.79 Å². The van der Waals surface area contributed by atoms with E-state index >= 15 is 0 Å². The molecule has 1 amide bonds. The average molecular weight is 260 g/mol. The molecule has 0 heterocycles. The zero-order chi connectivity index (χ0) is 12.7. The van der Waals surface area contributed by atoms with E-state index < -0.39 is 0 Å². The fourth-order valence-corrected chi connectivity index (χ4v) is 3.05. The van der Waals surface area contributed by atoms with Crippen LogP contribution in [0.15, 0.2) is 0 Å². The Bertz CT molecular complexity index is 230. The highest BCUT2D eigenvalue weighted by Crippen LogP contribution is 2.37. The van der Waals surface area contributed by atoms with E-state index in [-0.39, 0.29) is 11.3 Å². The van der Waals surface area contributed by atoms with E-state index in [4.69, 9.17) is 11.6 Å². The van der Waals surface area contributed by atoms with Crippen molar-refractivity contribution in [2.45, 2.75) is 58.8 Å². The molecule has 0 spiro atoms. The van der Waals surface area contributed by atoms with Crippen LogP contribution in [0.2, 0.25) is 0 Å². The molecule has 1 N–H and O–H groups in total. The molecule has 0 saturated heterocycles. The first-order chi connectivity index (χ1) is 8.12. The Kier molecular flexibility index (Phi) is 6.32.